The van der Waals surface area contributed by atoms with Gasteiger partial charge in [-0.1, -0.05) is 12.1 Å². The Morgan fingerprint density at radius 3 is 3.04 bits per heavy atom. The normalized spacial score (nSPS) is 19.4. The fourth-order valence-electron chi connectivity index (χ4n) is 2.99. The van der Waals surface area contributed by atoms with Gasteiger partial charge in [0.05, 0.1) is 32.0 Å². The molecular formula is C17H20N4O2. The summed E-state index contributed by atoms with van der Waals surface area (Å²) in [5, 5.41) is 4.34. The maximum absolute atomic E-state index is 5.86. The first-order chi connectivity index (χ1) is 11.3. The zero-order chi connectivity index (χ0) is 15.6. The molecule has 120 valence electrons. The van der Waals surface area contributed by atoms with Crippen molar-refractivity contribution in [2.45, 2.75) is 26.1 Å². The number of para-hydroxylation sites is 2. The maximum atomic E-state index is 5.86. The van der Waals surface area contributed by atoms with Gasteiger partial charge in [-0.3, -0.25) is 9.58 Å². The van der Waals surface area contributed by atoms with E-state index in [9.17, 15) is 0 Å². The van der Waals surface area contributed by atoms with E-state index in [1.807, 2.05) is 48.3 Å². The Balaban J connectivity index is 1.40. The van der Waals surface area contributed by atoms with Crippen molar-refractivity contribution in [3.63, 3.8) is 0 Å². The fourth-order valence-corrected chi connectivity index (χ4v) is 2.99. The van der Waals surface area contributed by atoms with E-state index in [2.05, 4.69) is 15.0 Å². The van der Waals surface area contributed by atoms with Gasteiger partial charge >= 0.3 is 0 Å². The van der Waals surface area contributed by atoms with Crippen LogP contribution < -0.4 is 0 Å². The first-order valence-corrected chi connectivity index (χ1v) is 7.94. The molecule has 23 heavy (non-hydrogen) atoms. The molecule has 2 aromatic heterocycles. The Morgan fingerprint density at radius 2 is 2.22 bits per heavy atom. The third-order valence-electron chi connectivity index (χ3n) is 4.07. The van der Waals surface area contributed by atoms with Crippen LogP contribution in [-0.2, 0) is 17.8 Å². The SMILES string of the molecule is Cc1cnn(C[C@H]2CN(Cc3nc4ccccc4o3)CCO2)c1. The second-order valence-electron chi connectivity index (χ2n) is 6.04. The van der Waals surface area contributed by atoms with Crippen molar-refractivity contribution >= 4 is 11.1 Å². The molecular weight excluding hydrogens is 292 g/mol. The summed E-state index contributed by atoms with van der Waals surface area (Å²) in [5.74, 6) is 0.766. The number of aromatic nitrogens is 3. The lowest BCUT2D eigenvalue weighted by molar-refractivity contribution is -0.0421. The molecule has 1 aliphatic heterocycles. The minimum absolute atomic E-state index is 0.146. The number of aryl methyl sites for hydroxylation is 1. The van der Waals surface area contributed by atoms with Crippen molar-refractivity contribution < 1.29 is 9.15 Å². The predicted octanol–water partition coefficient (Wildman–Crippen LogP) is 2.23. The number of oxazole rings is 1. The Morgan fingerprint density at radius 1 is 1.30 bits per heavy atom. The summed E-state index contributed by atoms with van der Waals surface area (Å²) in [6, 6.07) is 7.87. The van der Waals surface area contributed by atoms with Gasteiger partial charge in [0.2, 0.25) is 5.89 Å². The summed E-state index contributed by atoms with van der Waals surface area (Å²) < 4.78 is 13.6. The summed E-state index contributed by atoms with van der Waals surface area (Å²) in [6.07, 6.45) is 4.06. The molecule has 1 atom stereocenters. The molecule has 0 bridgehead atoms. The Labute approximate surface area is 134 Å². The lowest BCUT2D eigenvalue weighted by Gasteiger charge is -2.31. The van der Waals surface area contributed by atoms with Crippen molar-refractivity contribution in [1.29, 1.82) is 0 Å². The summed E-state index contributed by atoms with van der Waals surface area (Å²) in [4.78, 5) is 6.88. The summed E-state index contributed by atoms with van der Waals surface area (Å²) in [7, 11) is 0. The molecule has 0 aliphatic carbocycles. The molecule has 6 heteroatoms. The van der Waals surface area contributed by atoms with E-state index in [1.54, 1.807) is 0 Å². The van der Waals surface area contributed by atoms with Gasteiger partial charge in [-0.15, -0.1) is 0 Å². The number of nitrogens with zero attached hydrogens (tertiary/aromatic N) is 4. The van der Waals surface area contributed by atoms with Crippen LogP contribution in [0.4, 0.5) is 0 Å². The number of benzene rings is 1. The van der Waals surface area contributed by atoms with Gasteiger partial charge in [-0.2, -0.15) is 5.10 Å². The molecule has 0 spiro atoms. The Bertz CT molecular complexity index is 762. The maximum Gasteiger partial charge on any atom is 0.209 e. The number of morpholine rings is 1. The number of rotatable bonds is 4. The minimum atomic E-state index is 0.146. The standard InChI is InChI=1S/C17H20N4O2/c1-13-8-18-21(9-13)11-14-10-20(6-7-22-14)12-17-19-15-4-2-3-5-16(15)23-17/h2-5,8-9,14H,6-7,10-12H2,1H3/t14-/m1/s1. The Kier molecular flexibility index (Phi) is 3.85. The number of ether oxygens (including phenoxy) is 1. The molecule has 1 saturated heterocycles. The third kappa shape index (κ3) is 3.28. The van der Waals surface area contributed by atoms with Crippen LogP contribution >= 0.6 is 0 Å². The highest BCUT2D eigenvalue weighted by molar-refractivity contribution is 5.72. The molecule has 3 heterocycles. The van der Waals surface area contributed by atoms with Crippen molar-refractivity contribution in [2.24, 2.45) is 0 Å². The lowest BCUT2D eigenvalue weighted by atomic mass is 10.2. The lowest BCUT2D eigenvalue weighted by Crippen LogP contribution is -2.43. The van der Waals surface area contributed by atoms with Crippen molar-refractivity contribution in [3.05, 3.63) is 48.1 Å². The van der Waals surface area contributed by atoms with Gasteiger partial charge in [0.25, 0.3) is 0 Å². The molecule has 3 aromatic rings. The first kappa shape index (κ1) is 14.4. The monoisotopic (exact) mass is 312 g/mol. The number of fused-ring (bicyclic) bond motifs is 1. The van der Waals surface area contributed by atoms with E-state index in [0.29, 0.717) is 6.54 Å². The molecule has 0 unspecified atom stereocenters. The number of hydrogen-bond acceptors (Lipinski definition) is 5. The van der Waals surface area contributed by atoms with Crippen molar-refractivity contribution in [1.82, 2.24) is 19.7 Å². The molecule has 0 N–H and O–H groups in total. The average Bonchev–Trinajstić information content (AvgIpc) is 3.13. The van der Waals surface area contributed by atoms with Gasteiger partial charge in [-0.25, -0.2) is 4.98 Å². The predicted molar refractivity (Wildman–Crippen MR) is 86.0 cm³/mol. The second kappa shape index (κ2) is 6.14. The van der Waals surface area contributed by atoms with Gasteiger partial charge in [0, 0.05) is 19.3 Å². The van der Waals surface area contributed by atoms with Crippen LogP contribution in [0.3, 0.4) is 0 Å². The van der Waals surface area contributed by atoms with Gasteiger partial charge in [0.15, 0.2) is 5.58 Å². The van der Waals surface area contributed by atoms with Crippen LogP contribution in [-0.4, -0.2) is 45.5 Å². The average molecular weight is 312 g/mol. The van der Waals surface area contributed by atoms with Crippen molar-refractivity contribution in [3.8, 4) is 0 Å². The van der Waals surface area contributed by atoms with Crippen LogP contribution in [0.1, 0.15) is 11.5 Å². The summed E-state index contributed by atoms with van der Waals surface area (Å²) >= 11 is 0. The summed E-state index contributed by atoms with van der Waals surface area (Å²) in [6.45, 7) is 6.02. The van der Waals surface area contributed by atoms with E-state index in [1.165, 1.54) is 5.56 Å². The quantitative estimate of drug-likeness (QED) is 0.739. The van der Waals surface area contributed by atoms with Gasteiger partial charge < -0.3 is 9.15 Å². The van der Waals surface area contributed by atoms with E-state index in [4.69, 9.17) is 9.15 Å². The van der Waals surface area contributed by atoms with Crippen LogP contribution in [0.15, 0.2) is 41.1 Å². The largest absolute Gasteiger partial charge is 0.439 e. The first-order valence-electron chi connectivity index (χ1n) is 7.94. The van der Waals surface area contributed by atoms with E-state index < -0.39 is 0 Å². The smallest absolute Gasteiger partial charge is 0.209 e. The second-order valence-corrected chi connectivity index (χ2v) is 6.04. The zero-order valence-corrected chi connectivity index (χ0v) is 13.2. The molecule has 0 amide bonds. The zero-order valence-electron chi connectivity index (χ0n) is 13.2. The van der Waals surface area contributed by atoms with E-state index in [-0.39, 0.29) is 6.10 Å². The highest BCUT2D eigenvalue weighted by atomic mass is 16.5. The molecule has 0 radical (unpaired) electrons. The molecule has 1 aromatic carbocycles. The molecule has 6 nitrogen and oxygen atoms in total. The van der Waals surface area contributed by atoms with Gasteiger partial charge in [-0.05, 0) is 24.6 Å². The summed E-state index contributed by atoms with van der Waals surface area (Å²) in [5.41, 5.74) is 2.93. The van der Waals surface area contributed by atoms with E-state index in [0.717, 1.165) is 43.2 Å². The molecule has 1 fully saturated rings. The van der Waals surface area contributed by atoms with Crippen LogP contribution in [0, 0.1) is 6.92 Å². The molecule has 0 saturated carbocycles. The highest BCUT2D eigenvalue weighted by Gasteiger charge is 2.22. The van der Waals surface area contributed by atoms with Crippen LogP contribution in [0.25, 0.3) is 11.1 Å². The topological polar surface area (TPSA) is 56.3 Å². The number of hydrogen-bond donors (Lipinski definition) is 0. The molecule has 1 aliphatic rings. The Hall–Kier alpha value is -2.18. The minimum Gasteiger partial charge on any atom is -0.439 e. The van der Waals surface area contributed by atoms with Crippen molar-refractivity contribution in [2.75, 3.05) is 19.7 Å². The van der Waals surface area contributed by atoms with Crippen LogP contribution in [0.5, 0.6) is 0 Å². The van der Waals surface area contributed by atoms with Crippen LogP contribution in [0.2, 0.25) is 0 Å². The molecule has 4 rings (SSSR count). The van der Waals surface area contributed by atoms with E-state index >= 15 is 0 Å². The fraction of sp³-hybridized carbons (Fsp3) is 0.412. The van der Waals surface area contributed by atoms with Gasteiger partial charge in [0.1, 0.15) is 5.52 Å². The third-order valence-corrected chi connectivity index (χ3v) is 4.07. The highest BCUT2D eigenvalue weighted by Crippen LogP contribution is 2.17.